The van der Waals surface area contributed by atoms with E-state index < -0.39 is 0 Å². The first-order valence-electron chi connectivity index (χ1n) is 16.5. The van der Waals surface area contributed by atoms with Gasteiger partial charge in [-0.3, -0.25) is 0 Å². The van der Waals surface area contributed by atoms with Crippen LogP contribution >= 0.6 is 0 Å². The summed E-state index contributed by atoms with van der Waals surface area (Å²) in [4.78, 5) is 2.45. The molecule has 1 aliphatic rings. The van der Waals surface area contributed by atoms with Gasteiger partial charge in [0.25, 0.3) is 0 Å². The highest BCUT2D eigenvalue weighted by Gasteiger charge is 2.42. The van der Waals surface area contributed by atoms with E-state index in [-0.39, 0.29) is 5.41 Å². The van der Waals surface area contributed by atoms with E-state index in [1.165, 1.54) is 66.9 Å². The molecule has 7 aromatic carbocycles. The summed E-state index contributed by atoms with van der Waals surface area (Å²) in [7, 11) is 0. The summed E-state index contributed by atoms with van der Waals surface area (Å²) >= 11 is 0. The SMILES string of the molecule is Cc1ccccc1-c1ccc(N(c2ccc(-c3ccccc3)cc2)c2cccc3c2-c2ccccc2C3(C)c2ccccc2)cc1C. The van der Waals surface area contributed by atoms with Crippen LogP contribution in [0.4, 0.5) is 17.1 Å². The number of fused-ring (bicyclic) bond motifs is 3. The van der Waals surface area contributed by atoms with Crippen LogP contribution < -0.4 is 4.90 Å². The molecule has 1 atom stereocenters. The molecule has 1 heteroatoms. The highest BCUT2D eigenvalue weighted by atomic mass is 15.1. The van der Waals surface area contributed by atoms with E-state index >= 15 is 0 Å². The lowest BCUT2D eigenvalue weighted by molar-refractivity contribution is 0.714. The second-order valence-electron chi connectivity index (χ2n) is 12.8. The summed E-state index contributed by atoms with van der Waals surface area (Å²) in [6.07, 6.45) is 0. The van der Waals surface area contributed by atoms with Gasteiger partial charge in [0.2, 0.25) is 0 Å². The van der Waals surface area contributed by atoms with E-state index in [1.807, 2.05) is 0 Å². The minimum absolute atomic E-state index is 0.267. The van der Waals surface area contributed by atoms with Crippen LogP contribution in [0.15, 0.2) is 170 Å². The number of aryl methyl sites for hydroxylation is 2. The Morgan fingerprint density at radius 1 is 0.426 bits per heavy atom. The minimum Gasteiger partial charge on any atom is -0.310 e. The zero-order chi connectivity index (χ0) is 32.0. The molecule has 0 aliphatic heterocycles. The van der Waals surface area contributed by atoms with Crippen LogP contribution in [-0.2, 0) is 5.41 Å². The minimum atomic E-state index is -0.267. The van der Waals surface area contributed by atoms with Gasteiger partial charge in [0.15, 0.2) is 0 Å². The summed E-state index contributed by atoms with van der Waals surface area (Å²) in [5.41, 5.74) is 17.3. The van der Waals surface area contributed by atoms with Crippen LogP contribution in [0.25, 0.3) is 33.4 Å². The van der Waals surface area contributed by atoms with Crippen molar-refractivity contribution in [3.8, 4) is 33.4 Å². The van der Waals surface area contributed by atoms with Gasteiger partial charge in [-0.15, -0.1) is 0 Å². The molecule has 8 rings (SSSR count). The summed E-state index contributed by atoms with van der Waals surface area (Å²) in [6, 6.07) is 62.0. The Morgan fingerprint density at radius 2 is 1.00 bits per heavy atom. The number of rotatable bonds is 6. The average Bonchev–Trinajstić information content (AvgIpc) is 3.39. The maximum atomic E-state index is 2.45. The number of anilines is 3. The second kappa shape index (κ2) is 11.6. The molecule has 0 saturated heterocycles. The van der Waals surface area contributed by atoms with Crippen molar-refractivity contribution in [3.05, 3.63) is 198 Å². The third-order valence-corrected chi connectivity index (χ3v) is 10.0. The summed E-state index contributed by atoms with van der Waals surface area (Å²) in [5.74, 6) is 0. The molecule has 0 radical (unpaired) electrons. The molecule has 1 aliphatic carbocycles. The first-order chi connectivity index (χ1) is 23.0. The Kier molecular flexibility index (Phi) is 7.11. The number of hydrogen-bond donors (Lipinski definition) is 0. The Balaban J connectivity index is 1.35. The number of benzene rings is 7. The van der Waals surface area contributed by atoms with E-state index in [9.17, 15) is 0 Å². The molecule has 0 aromatic heterocycles. The van der Waals surface area contributed by atoms with Crippen LogP contribution in [0.3, 0.4) is 0 Å². The molecule has 0 saturated carbocycles. The first kappa shape index (κ1) is 28.8. The lowest BCUT2D eigenvalue weighted by Gasteiger charge is -2.31. The first-order valence-corrected chi connectivity index (χ1v) is 16.5. The van der Waals surface area contributed by atoms with Crippen molar-refractivity contribution < 1.29 is 0 Å². The highest BCUT2D eigenvalue weighted by Crippen LogP contribution is 2.56. The van der Waals surface area contributed by atoms with Crippen molar-refractivity contribution in [3.63, 3.8) is 0 Å². The van der Waals surface area contributed by atoms with Gasteiger partial charge in [0.1, 0.15) is 0 Å². The van der Waals surface area contributed by atoms with Crippen LogP contribution in [0.2, 0.25) is 0 Å². The molecule has 0 fully saturated rings. The van der Waals surface area contributed by atoms with Crippen LogP contribution in [0, 0.1) is 13.8 Å². The fourth-order valence-corrected chi connectivity index (χ4v) is 7.62. The largest absolute Gasteiger partial charge is 0.310 e. The molecular weight excluding hydrogens is 567 g/mol. The van der Waals surface area contributed by atoms with Gasteiger partial charge in [-0.1, -0.05) is 140 Å². The van der Waals surface area contributed by atoms with Crippen LogP contribution in [0.1, 0.15) is 34.7 Å². The van der Waals surface area contributed by atoms with Crippen molar-refractivity contribution >= 4 is 17.1 Å². The molecule has 7 aromatic rings. The quantitative estimate of drug-likeness (QED) is 0.183. The van der Waals surface area contributed by atoms with Gasteiger partial charge in [0.05, 0.1) is 5.69 Å². The molecule has 0 bridgehead atoms. The molecule has 226 valence electrons. The van der Waals surface area contributed by atoms with Crippen molar-refractivity contribution in [2.75, 3.05) is 4.90 Å². The van der Waals surface area contributed by atoms with Crippen molar-refractivity contribution in [2.24, 2.45) is 0 Å². The van der Waals surface area contributed by atoms with Gasteiger partial charge in [-0.05, 0) is 107 Å². The fourth-order valence-electron chi connectivity index (χ4n) is 7.62. The van der Waals surface area contributed by atoms with Crippen molar-refractivity contribution in [2.45, 2.75) is 26.2 Å². The Bertz CT molecular complexity index is 2210. The molecule has 47 heavy (non-hydrogen) atoms. The maximum Gasteiger partial charge on any atom is 0.0543 e. The van der Waals surface area contributed by atoms with Crippen molar-refractivity contribution in [1.29, 1.82) is 0 Å². The monoisotopic (exact) mass is 603 g/mol. The van der Waals surface area contributed by atoms with E-state index in [0.717, 1.165) is 11.4 Å². The topological polar surface area (TPSA) is 3.24 Å². The van der Waals surface area contributed by atoms with E-state index in [0.29, 0.717) is 0 Å². The van der Waals surface area contributed by atoms with E-state index in [2.05, 4.69) is 196 Å². The summed E-state index contributed by atoms with van der Waals surface area (Å²) in [6.45, 7) is 6.81. The van der Waals surface area contributed by atoms with Gasteiger partial charge < -0.3 is 4.90 Å². The van der Waals surface area contributed by atoms with Gasteiger partial charge in [-0.2, -0.15) is 0 Å². The summed E-state index contributed by atoms with van der Waals surface area (Å²) < 4.78 is 0. The predicted molar refractivity (Wildman–Crippen MR) is 199 cm³/mol. The van der Waals surface area contributed by atoms with Crippen LogP contribution in [-0.4, -0.2) is 0 Å². The number of nitrogens with zero attached hydrogens (tertiary/aromatic N) is 1. The lowest BCUT2D eigenvalue weighted by Crippen LogP contribution is -2.22. The molecule has 1 unspecified atom stereocenters. The Morgan fingerprint density at radius 3 is 1.72 bits per heavy atom. The second-order valence-corrected chi connectivity index (χ2v) is 12.8. The standard InChI is InChI=1S/C46H37N/c1-32-15-10-11-20-39(32)40-30-29-38(31-33(40)2)47(37-27-25-35(26-28-37)34-16-6-4-7-17-34)44-24-14-23-43-45(44)41-21-12-13-22-42(41)46(43,3)36-18-8-5-9-19-36/h4-31H,1-3H3. The smallest absolute Gasteiger partial charge is 0.0543 e. The normalized spacial score (nSPS) is 14.8. The third kappa shape index (κ3) is 4.78. The Hall–Kier alpha value is -5.66. The molecule has 0 N–H and O–H groups in total. The Labute approximate surface area is 278 Å². The molecule has 1 nitrogen and oxygen atoms in total. The highest BCUT2D eigenvalue weighted by molar-refractivity contribution is 5.96. The fraction of sp³-hybridized carbons (Fsp3) is 0.0870. The zero-order valence-corrected chi connectivity index (χ0v) is 27.1. The van der Waals surface area contributed by atoms with Gasteiger partial charge in [0, 0.05) is 22.4 Å². The van der Waals surface area contributed by atoms with E-state index in [1.54, 1.807) is 0 Å². The van der Waals surface area contributed by atoms with E-state index in [4.69, 9.17) is 0 Å². The number of hydrogen-bond acceptors (Lipinski definition) is 1. The molecular formula is C46H37N. The van der Waals surface area contributed by atoms with Gasteiger partial charge in [-0.25, -0.2) is 0 Å². The summed E-state index contributed by atoms with van der Waals surface area (Å²) in [5, 5.41) is 0. The van der Waals surface area contributed by atoms with Gasteiger partial charge >= 0.3 is 0 Å². The molecule has 0 spiro atoms. The maximum absolute atomic E-state index is 2.45. The molecule has 0 amide bonds. The molecule has 0 heterocycles. The zero-order valence-electron chi connectivity index (χ0n) is 27.1. The average molecular weight is 604 g/mol. The predicted octanol–water partition coefficient (Wildman–Crippen LogP) is 12.4. The third-order valence-electron chi connectivity index (χ3n) is 10.0. The van der Waals surface area contributed by atoms with Crippen LogP contribution in [0.5, 0.6) is 0 Å². The lowest BCUT2D eigenvalue weighted by atomic mass is 9.74. The van der Waals surface area contributed by atoms with Crippen molar-refractivity contribution in [1.82, 2.24) is 0 Å².